The molecule has 0 aliphatic heterocycles. The van der Waals surface area contributed by atoms with Crippen molar-refractivity contribution in [2.24, 2.45) is 0 Å². The summed E-state index contributed by atoms with van der Waals surface area (Å²) in [6.45, 7) is 3.40. The van der Waals surface area contributed by atoms with Crippen molar-refractivity contribution in [3.63, 3.8) is 0 Å². The quantitative estimate of drug-likeness (QED) is 0.619. The van der Waals surface area contributed by atoms with Crippen LogP contribution in [0.25, 0.3) is 11.1 Å². The first-order valence-electron chi connectivity index (χ1n) is 10.0. The fourth-order valence-electron chi connectivity index (χ4n) is 3.64. The van der Waals surface area contributed by atoms with Gasteiger partial charge in [0.15, 0.2) is 0 Å². The van der Waals surface area contributed by atoms with Gasteiger partial charge in [0, 0.05) is 18.4 Å². The van der Waals surface area contributed by atoms with E-state index in [4.69, 9.17) is 9.84 Å². The van der Waals surface area contributed by atoms with Gasteiger partial charge in [-0.2, -0.15) is 0 Å². The number of fused-ring (bicyclic) bond motifs is 3. The van der Waals surface area contributed by atoms with Crippen LogP contribution in [0.3, 0.4) is 0 Å². The van der Waals surface area contributed by atoms with Crippen LogP contribution in [0.1, 0.15) is 43.7 Å². The Bertz CT molecular complexity index is 897. The molecule has 2 amide bonds. The molecule has 7 heteroatoms. The molecule has 7 nitrogen and oxygen atoms in total. The molecule has 0 heterocycles. The van der Waals surface area contributed by atoms with Gasteiger partial charge in [-0.3, -0.25) is 9.59 Å². The third kappa shape index (κ3) is 4.97. The Morgan fingerprint density at radius 2 is 1.53 bits per heavy atom. The van der Waals surface area contributed by atoms with E-state index in [1.54, 1.807) is 6.92 Å². The number of amides is 2. The zero-order valence-corrected chi connectivity index (χ0v) is 17.1. The third-order valence-corrected chi connectivity index (χ3v) is 5.26. The predicted molar refractivity (Wildman–Crippen MR) is 112 cm³/mol. The lowest BCUT2D eigenvalue weighted by molar-refractivity contribution is -0.141. The standard InChI is InChI=1S/C23H26N2O5/c1-14(11-12-21(26)25-15(2)22(27)28)24-23(29)30-13-20-18-9-5-3-7-16(18)17-8-4-6-10-19(17)20/h3-10,14-15,20H,11-13H2,1-2H3,(H,24,29)(H,25,26)(H,27,28)/t14?,15-/m1/s1. The Labute approximate surface area is 175 Å². The van der Waals surface area contributed by atoms with Gasteiger partial charge in [-0.1, -0.05) is 48.5 Å². The second kappa shape index (κ2) is 9.43. The molecule has 0 aromatic heterocycles. The van der Waals surface area contributed by atoms with Crippen molar-refractivity contribution >= 4 is 18.0 Å². The molecule has 3 rings (SSSR count). The molecule has 0 fully saturated rings. The van der Waals surface area contributed by atoms with E-state index in [9.17, 15) is 14.4 Å². The van der Waals surface area contributed by atoms with Crippen LogP contribution in [-0.2, 0) is 14.3 Å². The van der Waals surface area contributed by atoms with E-state index in [1.165, 1.54) is 6.92 Å². The molecule has 0 radical (unpaired) electrons. The molecule has 3 N–H and O–H groups in total. The van der Waals surface area contributed by atoms with Gasteiger partial charge in [0.2, 0.25) is 5.91 Å². The maximum absolute atomic E-state index is 12.2. The Morgan fingerprint density at radius 3 is 2.10 bits per heavy atom. The number of carboxylic acid groups (broad SMARTS) is 1. The molecule has 1 unspecified atom stereocenters. The lowest BCUT2D eigenvalue weighted by Crippen LogP contribution is -2.39. The summed E-state index contributed by atoms with van der Waals surface area (Å²) in [6.07, 6.45) is -0.0474. The van der Waals surface area contributed by atoms with Crippen molar-refractivity contribution < 1.29 is 24.2 Å². The Balaban J connectivity index is 1.49. The number of aliphatic carboxylic acids is 1. The summed E-state index contributed by atoms with van der Waals surface area (Å²) in [5, 5.41) is 13.9. The molecule has 1 aliphatic rings. The minimum absolute atomic E-state index is 0.0123. The van der Waals surface area contributed by atoms with E-state index in [0.717, 1.165) is 22.3 Å². The zero-order chi connectivity index (χ0) is 21.7. The molecule has 0 saturated heterocycles. The highest BCUT2D eigenvalue weighted by molar-refractivity contribution is 5.83. The van der Waals surface area contributed by atoms with Gasteiger partial charge in [0.1, 0.15) is 12.6 Å². The summed E-state index contributed by atoms with van der Waals surface area (Å²) in [4.78, 5) is 34.8. The van der Waals surface area contributed by atoms with Crippen LogP contribution in [0.15, 0.2) is 48.5 Å². The van der Waals surface area contributed by atoms with Gasteiger partial charge in [-0.05, 0) is 42.5 Å². The van der Waals surface area contributed by atoms with Crippen LogP contribution in [0.2, 0.25) is 0 Å². The number of benzene rings is 2. The molecule has 30 heavy (non-hydrogen) atoms. The normalized spacial score (nSPS) is 14.2. The summed E-state index contributed by atoms with van der Waals surface area (Å²) >= 11 is 0. The zero-order valence-electron chi connectivity index (χ0n) is 17.1. The predicted octanol–water partition coefficient (Wildman–Crippen LogP) is 3.28. The second-order valence-electron chi connectivity index (χ2n) is 7.54. The summed E-state index contributed by atoms with van der Waals surface area (Å²) < 4.78 is 5.48. The van der Waals surface area contributed by atoms with Gasteiger partial charge in [-0.15, -0.1) is 0 Å². The monoisotopic (exact) mass is 410 g/mol. The lowest BCUT2D eigenvalue weighted by atomic mass is 9.98. The summed E-state index contributed by atoms with van der Waals surface area (Å²) in [7, 11) is 0. The number of rotatable bonds is 8. The number of hydrogen-bond donors (Lipinski definition) is 3. The molecule has 158 valence electrons. The van der Waals surface area contributed by atoms with Crippen molar-refractivity contribution in [3.8, 4) is 11.1 Å². The van der Waals surface area contributed by atoms with Crippen molar-refractivity contribution in [1.82, 2.24) is 10.6 Å². The third-order valence-electron chi connectivity index (χ3n) is 5.26. The van der Waals surface area contributed by atoms with Crippen LogP contribution < -0.4 is 10.6 Å². The van der Waals surface area contributed by atoms with E-state index in [0.29, 0.717) is 6.42 Å². The number of carbonyl (C=O) groups is 3. The highest BCUT2D eigenvalue weighted by Crippen LogP contribution is 2.44. The number of nitrogens with one attached hydrogen (secondary N) is 2. The minimum Gasteiger partial charge on any atom is -0.480 e. The number of hydrogen-bond acceptors (Lipinski definition) is 4. The van der Waals surface area contributed by atoms with E-state index >= 15 is 0 Å². The number of ether oxygens (including phenoxy) is 1. The SMILES string of the molecule is CC(CCC(=O)N[C@H](C)C(=O)O)NC(=O)OCC1c2ccccc2-c2ccccc21. The number of carbonyl (C=O) groups excluding carboxylic acids is 2. The first-order chi connectivity index (χ1) is 14.4. The van der Waals surface area contributed by atoms with Gasteiger partial charge in [0.25, 0.3) is 0 Å². The largest absolute Gasteiger partial charge is 0.480 e. The molecule has 2 atom stereocenters. The summed E-state index contributed by atoms with van der Waals surface area (Å²) in [5.74, 6) is -1.47. The van der Waals surface area contributed by atoms with Crippen molar-refractivity contribution in [1.29, 1.82) is 0 Å². The van der Waals surface area contributed by atoms with Gasteiger partial charge < -0.3 is 20.5 Å². The Hall–Kier alpha value is -3.35. The van der Waals surface area contributed by atoms with Crippen LogP contribution in [-0.4, -0.2) is 41.8 Å². The highest BCUT2D eigenvalue weighted by atomic mass is 16.5. The fourth-order valence-corrected chi connectivity index (χ4v) is 3.64. The summed E-state index contributed by atoms with van der Waals surface area (Å²) in [5.41, 5.74) is 4.61. The fraction of sp³-hybridized carbons (Fsp3) is 0.348. The van der Waals surface area contributed by atoms with E-state index < -0.39 is 18.1 Å². The minimum atomic E-state index is -1.09. The van der Waals surface area contributed by atoms with Crippen molar-refractivity contribution in [2.45, 2.75) is 44.7 Å². The first-order valence-corrected chi connectivity index (χ1v) is 10.0. The second-order valence-corrected chi connectivity index (χ2v) is 7.54. The van der Waals surface area contributed by atoms with Crippen LogP contribution in [0, 0.1) is 0 Å². The molecule has 0 spiro atoms. The summed E-state index contributed by atoms with van der Waals surface area (Å²) in [6, 6.07) is 15.0. The van der Waals surface area contributed by atoms with Crippen LogP contribution in [0.5, 0.6) is 0 Å². The smallest absolute Gasteiger partial charge is 0.407 e. The molecule has 2 aromatic carbocycles. The van der Waals surface area contributed by atoms with Gasteiger partial charge in [-0.25, -0.2) is 4.79 Å². The van der Waals surface area contributed by atoms with E-state index in [1.807, 2.05) is 24.3 Å². The van der Waals surface area contributed by atoms with Crippen LogP contribution >= 0.6 is 0 Å². The molecule has 0 bridgehead atoms. The molecular formula is C23H26N2O5. The van der Waals surface area contributed by atoms with Gasteiger partial charge in [0.05, 0.1) is 0 Å². The number of alkyl carbamates (subject to hydrolysis) is 1. The first kappa shape index (κ1) is 21.4. The Kier molecular flexibility index (Phi) is 6.72. The highest BCUT2D eigenvalue weighted by Gasteiger charge is 2.29. The molecule has 2 aromatic rings. The average Bonchev–Trinajstić information content (AvgIpc) is 3.04. The maximum atomic E-state index is 12.2. The molecule has 1 aliphatic carbocycles. The van der Waals surface area contributed by atoms with Crippen LogP contribution in [0.4, 0.5) is 4.79 Å². The molecular weight excluding hydrogens is 384 g/mol. The van der Waals surface area contributed by atoms with Crippen molar-refractivity contribution in [3.05, 3.63) is 59.7 Å². The topological polar surface area (TPSA) is 105 Å². The lowest BCUT2D eigenvalue weighted by Gasteiger charge is -2.17. The van der Waals surface area contributed by atoms with Gasteiger partial charge >= 0.3 is 12.1 Å². The van der Waals surface area contributed by atoms with E-state index in [2.05, 4.69) is 34.9 Å². The molecule has 0 saturated carbocycles. The average molecular weight is 410 g/mol. The number of carboxylic acids is 1. The Morgan fingerprint density at radius 1 is 0.967 bits per heavy atom. The van der Waals surface area contributed by atoms with E-state index in [-0.39, 0.29) is 30.9 Å². The van der Waals surface area contributed by atoms with Crippen molar-refractivity contribution in [2.75, 3.05) is 6.61 Å². The maximum Gasteiger partial charge on any atom is 0.407 e.